The van der Waals surface area contributed by atoms with Crippen molar-refractivity contribution in [3.8, 4) is 11.1 Å². The van der Waals surface area contributed by atoms with Gasteiger partial charge in [0.2, 0.25) is 0 Å². The second-order valence-corrected chi connectivity index (χ2v) is 3.78. The van der Waals surface area contributed by atoms with Crippen LogP contribution in [0, 0.1) is 5.82 Å². The summed E-state index contributed by atoms with van der Waals surface area (Å²) in [5, 5.41) is 0. The number of carbonyl (C=O) groups excluding carboxylic acids is 1. The molecule has 2 rings (SSSR count). The monoisotopic (exact) mass is 269 g/mol. The number of carbonyl (C=O) groups is 1. The van der Waals surface area contributed by atoms with Gasteiger partial charge in [-0.1, -0.05) is 12.1 Å². The zero-order chi connectivity index (χ0) is 14.0. The summed E-state index contributed by atoms with van der Waals surface area (Å²) in [7, 11) is 0. The van der Waals surface area contributed by atoms with Crippen molar-refractivity contribution in [2.75, 3.05) is 0 Å². The Morgan fingerprint density at radius 3 is 2.53 bits per heavy atom. The lowest BCUT2D eigenvalue weighted by Gasteiger charge is -2.10. The molecule has 0 bridgehead atoms. The van der Waals surface area contributed by atoms with Crippen LogP contribution in [0.15, 0.2) is 36.7 Å². The lowest BCUT2D eigenvalue weighted by atomic mass is 10.0. The Morgan fingerprint density at radius 2 is 1.89 bits per heavy atom. The minimum atomic E-state index is -4.50. The maximum Gasteiger partial charge on any atom is 0.416 e. The summed E-state index contributed by atoms with van der Waals surface area (Å²) in [6.07, 6.45) is -2.26. The molecule has 1 aromatic heterocycles. The van der Waals surface area contributed by atoms with Crippen LogP contribution in [0.2, 0.25) is 0 Å². The van der Waals surface area contributed by atoms with Crippen LogP contribution in [0.5, 0.6) is 0 Å². The number of benzene rings is 1. The normalized spacial score (nSPS) is 11.4. The third-order valence-electron chi connectivity index (χ3n) is 2.56. The number of pyridine rings is 1. The Hall–Kier alpha value is -2.24. The topological polar surface area (TPSA) is 30.0 Å². The quantitative estimate of drug-likeness (QED) is 0.614. The van der Waals surface area contributed by atoms with E-state index in [4.69, 9.17) is 0 Å². The number of hydrogen-bond donors (Lipinski definition) is 0. The molecule has 19 heavy (non-hydrogen) atoms. The molecule has 0 unspecified atom stereocenters. The highest BCUT2D eigenvalue weighted by Gasteiger charge is 2.30. The van der Waals surface area contributed by atoms with Gasteiger partial charge in [-0.25, -0.2) is 4.39 Å². The van der Waals surface area contributed by atoms with Crippen molar-refractivity contribution >= 4 is 6.29 Å². The minimum Gasteiger partial charge on any atom is -0.298 e. The van der Waals surface area contributed by atoms with Gasteiger partial charge in [-0.3, -0.25) is 9.78 Å². The lowest BCUT2D eigenvalue weighted by Crippen LogP contribution is -2.05. The molecule has 0 N–H and O–H groups in total. The molecular formula is C13H7F4NO. The van der Waals surface area contributed by atoms with Gasteiger partial charge in [-0.15, -0.1) is 0 Å². The standard InChI is InChI=1S/C13H7F4NO/c14-12-6-18-5-10(11(12)7-19)8-2-1-3-9(4-8)13(15,16)17/h1-7H. The fourth-order valence-electron chi connectivity index (χ4n) is 1.66. The molecule has 1 aromatic carbocycles. The van der Waals surface area contributed by atoms with Crippen LogP contribution in [-0.4, -0.2) is 11.3 Å². The van der Waals surface area contributed by atoms with E-state index in [9.17, 15) is 22.4 Å². The zero-order valence-electron chi connectivity index (χ0n) is 9.41. The number of aldehydes is 1. The molecule has 0 saturated carbocycles. The maximum atomic E-state index is 13.4. The summed E-state index contributed by atoms with van der Waals surface area (Å²) < 4.78 is 51.1. The van der Waals surface area contributed by atoms with Gasteiger partial charge in [0.05, 0.1) is 17.3 Å². The van der Waals surface area contributed by atoms with Crippen LogP contribution >= 0.6 is 0 Å². The van der Waals surface area contributed by atoms with E-state index < -0.39 is 17.6 Å². The van der Waals surface area contributed by atoms with Gasteiger partial charge in [-0.05, 0) is 17.7 Å². The first-order valence-electron chi connectivity index (χ1n) is 5.20. The van der Waals surface area contributed by atoms with E-state index in [2.05, 4.69) is 4.98 Å². The third-order valence-corrected chi connectivity index (χ3v) is 2.56. The highest BCUT2D eigenvalue weighted by atomic mass is 19.4. The average Bonchev–Trinajstić information content (AvgIpc) is 2.37. The van der Waals surface area contributed by atoms with Crippen LogP contribution < -0.4 is 0 Å². The van der Waals surface area contributed by atoms with E-state index in [1.54, 1.807) is 0 Å². The first-order chi connectivity index (χ1) is 8.93. The van der Waals surface area contributed by atoms with Gasteiger partial charge in [0.25, 0.3) is 0 Å². The molecular weight excluding hydrogens is 262 g/mol. The Labute approximate surface area is 105 Å². The number of alkyl halides is 3. The van der Waals surface area contributed by atoms with E-state index in [0.29, 0.717) is 0 Å². The van der Waals surface area contributed by atoms with E-state index in [0.717, 1.165) is 24.5 Å². The lowest BCUT2D eigenvalue weighted by molar-refractivity contribution is -0.137. The fraction of sp³-hybridized carbons (Fsp3) is 0.0769. The van der Waals surface area contributed by atoms with Gasteiger partial charge < -0.3 is 0 Å². The van der Waals surface area contributed by atoms with Crippen molar-refractivity contribution in [1.29, 1.82) is 0 Å². The molecule has 0 aliphatic heterocycles. The summed E-state index contributed by atoms with van der Waals surface area (Å²) in [6, 6.07) is 4.30. The summed E-state index contributed by atoms with van der Waals surface area (Å²) in [6.45, 7) is 0. The molecule has 1 heterocycles. The largest absolute Gasteiger partial charge is 0.416 e. The van der Waals surface area contributed by atoms with Gasteiger partial charge in [-0.2, -0.15) is 13.2 Å². The molecule has 0 fully saturated rings. The Bertz CT molecular complexity index is 622. The number of nitrogens with zero attached hydrogens (tertiary/aromatic N) is 1. The number of rotatable bonds is 2. The molecule has 0 amide bonds. The Balaban J connectivity index is 2.60. The molecule has 0 spiro atoms. The molecule has 2 aromatic rings. The summed E-state index contributed by atoms with van der Waals surface area (Å²) in [5.74, 6) is -0.870. The van der Waals surface area contributed by atoms with Crippen molar-refractivity contribution in [2.24, 2.45) is 0 Å². The van der Waals surface area contributed by atoms with Crippen molar-refractivity contribution < 1.29 is 22.4 Å². The molecule has 0 aliphatic carbocycles. The molecule has 6 heteroatoms. The highest BCUT2D eigenvalue weighted by molar-refractivity contribution is 5.87. The smallest absolute Gasteiger partial charge is 0.298 e. The molecule has 0 aliphatic rings. The predicted molar refractivity (Wildman–Crippen MR) is 60.0 cm³/mol. The maximum absolute atomic E-state index is 13.4. The summed E-state index contributed by atoms with van der Waals surface area (Å²) in [4.78, 5) is 14.4. The van der Waals surface area contributed by atoms with E-state index in [-0.39, 0.29) is 23.0 Å². The van der Waals surface area contributed by atoms with Crippen LogP contribution in [-0.2, 0) is 6.18 Å². The van der Waals surface area contributed by atoms with E-state index in [1.807, 2.05) is 0 Å². The first-order valence-corrected chi connectivity index (χ1v) is 5.20. The van der Waals surface area contributed by atoms with Crippen LogP contribution in [0.3, 0.4) is 0 Å². The van der Waals surface area contributed by atoms with Gasteiger partial charge in [0.15, 0.2) is 12.1 Å². The number of halogens is 4. The number of aromatic nitrogens is 1. The fourth-order valence-corrected chi connectivity index (χ4v) is 1.66. The van der Waals surface area contributed by atoms with Crippen LogP contribution in [0.25, 0.3) is 11.1 Å². The zero-order valence-corrected chi connectivity index (χ0v) is 9.41. The van der Waals surface area contributed by atoms with Gasteiger partial charge in [0, 0.05) is 11.8 Å². The molecule has 2 nitrogen and oxygen atoms in total. The summed E-state index contributed by atoms with van der Waals surface area (Å²) in [5.41, 5.74) is -1.06. The number of hydrogen-bond acceptors (Lipinski definition) is 2. The molecule has 0 atom stereocenters. The van der Waals surface area contributed by atoms with Crippen molar-refractivity contribution in [3.05, 3.63) is 53.6 Å². The van der Waals surface area contributed by atoms with E-state index >= 15 is 0 Å². The van der Waals surface area contributed by atoms with E-state index in [1.165, 1.54) is 12.1 Å². The van der Waals surface area contributed by atoms with Crippen molar-refractivity contribution in [2.45, 2.75) is 6.18 Å². The minimum absolute atomic E-state index is 0.0288. The molecule has 0 saturated heterocycles. The van der Waals surface area contributed by atoms with Crippen molar-refractivity contribution in [3.63, 3.8) is 0 Å². The first kappa shape index (κ1) is 13.2. The second-order valence-electron chi connectivity index (χ2n) is 3.78. The summed E-state index contributed by atoms with van der Waals surface area (Å²) >= 11 is 0. The van der Waals surface area contributed by atoms with Crippen LogP contribution in [0.1, 0.15) is 15.9 Å². The molecule has 98 valence electrons. The second kappa shape index (κ2) is 4.79. The highest BCUT2D eigenvalue weighted by Crippen LogP contribution is 2.32. The predicted octanol–water partition coefficient (Wildman–Crippen LogP) is 3.72. The SMILES string of the molecule is O=Cc1c(F)cncc1-c1cccc(C(F)(F)F)c1. The van der Waals surface area contributed by atoms with Gasteiger partial charge >= 0.3 is 6.18 Å². The Morgan fingerprint density at radius 1 is 1.16 bits per heavy atom. The van der Waals surface area contributed by atoms with Crippen molar-refractivity contribution in [1.82, 2.24) is 4.98 Å². The average molecular weight is 269 g/mol. The van der Waals surface area contributed by atoms with Crippen LogP contribution in [0.4, 0.5) is 17.6 Å². The third kappa shape index (κ3) is 2.62. The molecule has 0 radical (unpaired) electrons. The van der Waals surface area contributed by atoms with Gasteiger partial charge in [0.1, 0.15) is 0 Å². The Kier molecular flexibility index (Phi) is 3.33.